The van der Waals surface area contributed by atoms with Gasteiger partial charge in [0.25, 0.3) is 11.9 Å². The number of nitrogen functional groups attached to an aromatic ring is 1. The summed E-state index contributed by atoms with van der Waals surface area (Å²) in [6.07, 6.45) is 1.19. The topological polar surface area (TPSA) is 134 Å². The van der Waals surface area contributed by atoms with Crippen LogP contribution in [0.1, 0.15) is 24.3 Å². The minimum absolute atomic E-state index is 0.0780. The highest BCUT2D eigenvalue weighted by Gasteiger charge is 2.27. The van der Waals surface area contributed by atoms with Crippen LogP contribution in [0.15, 0.2) is 33.4 Å². The first kappa shape index (κ1) is 23.5. The zero-order valence-corrected chi connectivity index (χ0v) is 19.9. The molecule has 1 aliphatic heterocycles. The summed E-state index contributed by atoms with van der Waals surface area (Å²) in [5, 5.41) is 5.92. The Labute approximate surface area is 190 Å². The molecule has 3 rings (SSSR count). The molecule has 0 unspecified atom stereocenters. The number of rotatable bonds is 8. The summed E-state index contributed by atoms with van der Waals surface area (Å²) in [7, 11) is -3.29. The zero-order valence-electron chi connectivity index (χ0n) is 17.5. The number of carbonyl (C=O) groups excluding carboxylic acids is 1. The standard InChI is InChI=1S/C19H27BrN6O4S/c1-13(2)22-5-10-31(28,29)26-8-6-25(7-9-26)14-3-4-15(20)16(11-14)23-18(27)17-12-30-19(21)24-17/h3-4,11-13,22H,5-10H2,1-2H3,(H2,21,24)(H,23,27). The number of hydrogen-bond donors (Lipinski definition) is 3. The number of benzene rings is 1. The second-order valence-electron chi connectivity index (χ2n) is 7.50. The summed E-state index contributed by atoms with van der Waals surface area (Å²) in [5.74, 6) is -0.351. The summed E-state index contributed by atoms with van der Waals surface area (Å²) in [5.41, 5.74) is 6.96. The number of nitrogens with one attached hydrogen (secondary N) is 2. The van der Waals surface area contributed by atoms with E-state index in [4.69, 9.17) is 10.2 Å². The Morgan fingerprint density at radius 1 is 1.29 bits per heavy atom. The van der Waals surface area contributed by atoms with Gasteiger partial charge in [0, 0.05) is 48.9 Å². The fourth-order valence-electron chi connectivity index (χ4n) is 3.21. The molecule has 0 atom stereocenters. The normalized spacial score (nSPS) is 15.4. The van der Waals surface area contributed by atoms with Crippen LogP contribution in [0.25, 0.3) is 0 Å². The van der Waals surface area contributed by atoms with Gasteiger partial charge in [-0.1, -0.05) is 13.8 Å². The molecule has 0 spiro atoms. The van der Waals surface area contributed by atoms with Gasteiger partial charge >= 0.3 is 0 Å². The second kappa shape index (κ2) is 9.98. The smallest absolute Gasteiger partial charge is 0.292 e. The summed E-state index contributed by atoms with van der Waals surface area (Å²) in [6.45, 7) is 6.37. The number of nitrogens with two attached hydrogens (primary N) is 1. The van der Waals surface area contributed by atoms with Gasteiger partial charge in [-0.05, 0) is 34.1 Å². The number of oxazole rings is 1. The Hall–Kier alpha value is -2.15. The molecule has 0 radical (unpaired) electrons. The lowest BCUT2D eigenvalue weighted by Gasteiger charge is -2.35. The number of piperazine rings is 1. The summed E-state index contributed by atoms with van der Waals surface area (Å²) >= 11 is 3.44. The van der Waals surface area contributed by atoms with Crippen LogP contribution in [0.3, 0.4) is 0 Å². The second-order valence-corrected chi connectivity index (χ2v) is 10.4. The van der Waals surface area contributed by atoms with Gasteiger partial charge in [0.05, 0.1) is 11.4 Å². The molecule has 1 aromatic carbocycles. The molecule has 0 aliphatic carbocycles. The van der Waals surface area contributed by atoms with E-state index in [2.05, 4.69) is 36.4 Å². The van der Waals surface area contributed by atoms with Gasteiger partial charge in [-0.25, -0.2) is 8.42 Å². The molecular formula is C19H27BrN6O4S. The molecule has 4 N–H and O–H groups in total. The van der Waals surface area contributed by atoms with Crippen molar-refractivity contribution in [2.24, 2.45) is 0 Å². The van der Waals surface area contributed by atoms with Gasteiger partial charge in [-0.15, -0.1) is 0 Å². The predicted molar refractivity (Wildman–Crippen MR) is 124 cm³/mol. The van der Waals surface area contributed by atoms with Crippen LogP contribution in [-0.4, -0.2) is 68.1 Å². The van der Waals surface area contributed by atoms with E-state index in [1.54, 1.807) is 4.31 Å². The highest BCUT2D eigenvalue weighted by atomic mass is 79.9. The molecule has 12 heteroatoms. The molecule has 2 heterocycles. The Morgan fingerprint density at radius 3 is 2.61 bits per heavy atom. The lowest BCUT2D eigenvalue weighted by atomic mass is 10.2. The van der Waals surface area contributed by atoms with Crippen LogP contribution in [0.4, 0.5) is 17.4 Å². The quantitative estimate of drug-likeness (QED) is 0.484. The van der Waals surface area contributed by atoms with Crippen LogP contribution in [0, 0.1) is 0 Å². The Kier molecular flexibility index (Phi) is 7.57. The van der Waals surface area contributed by atoms with Crippen molar-refractivity contribution in [1.82, 2.24) is 14.6 Å². The minimum atomic E-state index is -3.29. The molecule has 170 valence electrons. The average molecular weight is 515 g/mol. The maximum atomic E-state index is 12.6. The number of anilines is 3. The fourth-order valence-corrected chi connectivity index (χ4v) is 4.91. The first-order valence-corrected chi connectivity index (χ1v) is 12.3. The van der Waals surface area contributed by atoms with E-state index in [0.717, 1.165) is 5.69 Å². The number of amides is 1. The van der Waals surface area contributed by atoms with E-state index in [0.29, 0.717) is 42.9 Å². The van der Waals surface area contributed by atoms with Crippen molar-refractivity contribution in [3.63, 3.8) is 0 Å². The lowest BCUT2D eigenvalue weighted by Crippen LogP contribution is -2.50. The molecule has 0 saturated carbocycles. The third-order valence-corrected chi connectivity index (χ3v) is 7.43. The highest BCUT2D eigenvalue weighted by Crippen LogP contribution is 2.29. The fraction of sp³-hybridized carbons (Fsp3) is 0.474. The zero-order chi connectivity index (χ0) is 22.6. The molecule has 1 aromatic heterocycles. The Balaban J connectivity index is 1.61. The molecule has 31 heavy (non-hydrogen) atoms. The van der Waals surface area contributed by atoms with Crippen molar-refractivity contribution in [2.45, 2.75) is 19.9 Å². The molecule has 1 aliphatic rings. The molecule has 1 fully saturated rings. The maximum Gasteiger partial charge on any atom is 0.292 e. The van der Waals surface area contributed by atoms with Crippen molar-refractivity contribution in [2.75, 3.05) is 54.4 Å². The van der Waals surface area contributed by atoms with Gasteiger partial charge < -0.3 is 25.7 Å². The monoisotopic (exact) mass is 514 g/mol. The first-order valence-electron chi connectivity index (χ1n) is 9.94. The third kappa shape index (κ3) is 6.19. The largest absolute Gasteiger partial charge is 0.431 e. The predicted octanol–water partition coefficient (Wildman–Crippen LogP) is 1.72. The highest BCUT2D eigenvalue weighted by molar-refractivity contribution is 9.10. The molecular weight excluding hydrogens is 488 g/mol. The summed E-state index contributed by atoms with van der Waals surface area (Å²) in [6, 6.07) is 5.77. The van der Waals surface area contributed by atoms with E-state index in [9.17, 15) is 13.2 Å². The molecule has 2 aromatic rings. The van der Waals surface area contributed by atoms with Crippen molar-refractivity contribution in [1.29, 1.82) is 0 Å². The first-order chi connectivity index (χ1) is 14.7. The number of aromatic nitrogens is 1. The van der Waals surface area contributed by atoms with Crippen LogP contribution < -0.4 is 21.3 Å². The van der Waals surface area contributed by atoms with Crippen molar-refractivity contribution >= 4 is 49.2 Å². The van der Waals surface area contributed by atoms with Gasteiger partial charge in [-0.3, -0.25) is 4.79 Å². The van der Waals surface area contributed by atoms with E-state index in [1.165, 1.54) is 6.26 Å². The van der Waals surface area contributed by atoms with Crippen LogP contribution in [-0.2, 0) is 10.0 Å². The van der Waals surface area contributed by atoms with Crippen molar-refractivity contribution < 1.29 is 17.6 Å². The van der Waals surface area contributed by atoms with E-state index in [-0.39, 0.29) is 23.5 Å². The van der Waals surface area contributed by atoms with Gasteiger partial charge in [-0.2, -0.15) is 9.29 Å². The molecule has 1 amide bonds. The van der Waals surface area contributed by atoms with E-state index in [1.807, 2.05) is 32.0 Å². The van der Waals surface area contributed by atoms with Gasteiger partial charge in [0.1, 0.15) is 6.26 Å². The minimum Gasteiger partial charge on any atom is -0.431 e. The number of halogens is 1. The van der Waals surface area contributed by atoms with Crippen LogP contribution >= 0.6 is 15.9 Å². The Bertz CT molecular complexity index is 1020. The SMILES string of the molecule is CC(C)NCCS(=O)(=O)N1CCN(c2ccc(Br)c(NC(=O)c3coc(N)n3)c2)CC1. The van der Waals surface area contributed by atoms with Crippen LogP contribution in [0.5, 0.6) is 0 Å². The average Bonchev–Trinajstić information content (AvgIpc) is 3.16. The van der Waals surface area contributed by atoms with Crippen LogP contribution in [0.2, 0.25) is 0 Å². The van der Waals surface area contributed by atoms with Crippen molar-refractivity contribution in [3.05, 3.63) is 34.6 Å². The molecule has 1 saturated heterocycles. The third-order valence-electron chi connectivity index (χ3n) is 4.86. The maximum absolute atomic E-state index is 12.6. The van der Waals surface area contributed by atoms with E-state index >= 15 is 0 Å². The number of carbonyl (C=O) groups is 1. The number of sulfonamides is 1. The van der Waals surface area contributed by atoms with Gasteiger partial charge in [0.2, 0.25) is 10.0 Å². The number of nitrogens with zero attached hydrogens (tertiary/aromatic N) is 3. The van der Waals surface area contributed by atoms with Crippen molar-refractivity contribution in [3.8, 4) is 0 Å². The Morgan fingerprint density at radius 2 is 2.00 bits per heavy atom. The number of hydrogen-bond acceptors (Lipinski definition) is 8. The summed E-state index contributed by atoms with van der Waals surface area (Å²) < 4.78 is 32.2. The summed E-state index contributed by atoms with van der Waals surface area (Å²) in [4.78, 5) is 18.3. The van der Waals surface area contributed by atoms with E-state index < -0.39 is 15.9 Å². The molecule has 0 bridgehead atoms. The molecule has 10 nitrogen and oxygen atoms in total. The lowest BCUT2D eigenvalue weighted by molar-refractivity contribution is 0.102. The van der Waals surface area contributed by atoms with Gasteiger partial charge in [0.15, 0.2) is 5.69 Å².